The average Bonchev–Trinajstić information content (AvgIpc) is 2.28. The molecule has 0 aliphatic carbocycles. The topological polar surface area (TPSA) is 21.3 Å². The lowest BCUT2D eigenvalue weighted by atomic mass is 10.0. The van der Waals surface area contributed by atoms with E-state index < -0.39 is 0 Å². The second-order valence-corrected chi connectivity index (χ2v) is 4.62. The van der Waals surface area contributed by atoms with Crippen molar-refractivity contribution in [1.82, 2.24) is 5.32 Å². The molecule has 1 atom stereocenters. The summed E-state index contributed by atoms with van der Waals surface area (Å²) in [7, 11) is 1.94. The third-order valence-corrected chi connectivity index (χ3v) is 3.20. The Hall–Kier alpha value is -0.570. The van der Waals surface area contributed by atoms with Crippen molar-refractivity contribution in [2.45, 2.75) is 32.5 Å². The molecule has 0 aliphatic heterocycles. The lowest BCUT2D eigenvalue weighted by Crippen LogP contribution is -2.38. The Morgan fingerprint density at radius 1 is 1.38 bits per heavy atom. The first-order valence-electron chi connectivity index (χ1n) is 5.63. The fraction of sp³-hybridized carbons (Fsp3) is 0.538. The summed E-state index contributed by atoms with van der Waals surface area (Å²) in [5.41, 5.74) is 0.911. The fourth-order valence-corrected chi connectivity index (χ4v) is 1.71. The summed E-state index contributed by atoms with van der Waals surface area (Å²) in [5.74, 6) is 0. The van der Waals surface area contributed by atoms with Gasteiger partial charge in [-0.1, -0.05) is 36.7 Å². The predicted octanol–water partition coefficient (Wildman–Crippen LogP) is 3.24. The minimum Gasteiger partial charge on any atom is -0.369 e. The van der Waals surface area contributed by atoms with Gasteiger partial charge in [-0.25, -0.2) is 0 Å². The van der Waals surface area contributed by atoms with Crippen molar-refractivity contribution in [3.63, 3.8) is 0 Å². The summed E-state index contributed by atoms with van der Waals surface area (Å²) in [6.45, 7) is 5.64. The molecule has 1 rings (SSSR count). The van der Waals surface area contributed by atoms with Crippen LogP contribution in [-0.4, -0.2) is 19.2 Å². The molecule has 1 N–H and O–H groups in total. The minimum atomic E-state index is -0.131. The van der Waals surface area contributed by atoms with Gasteiger partial charge in [-0.3, -0.25) is 0 Å². The Morgan fingerprint density at radius 3 is 2.62 bits per heavy atom. The maximum absolute atomic E-state index is 6.08. The van der Waals surface area contributed by atoms with Crippen molar-refractivity contribution in [3.05, 3.63) is 34.9 Å². The second kappa shape index (κ2) is 6.24. The number of halogens is 1. The van der Waals surface area contributed by atoms with Crippen LogP contribution in [0.5, 0.6) is 0 Å². The van der Waals surface area contributed by atoms with Gasteiger partial charge in [0.25, 0.3) is 0 Å². The van der Waals surface area contributed by atoms with Gasteiger partial charge in [0.2, 0.25) is 0 Å². The highest BCUT2D eigenvalue weighted by atomic mass is 35.5. The van der Waals surface area contributed by atoms with Crippen molar-refractivity contribution in [3.8, 4) is 0 Å². The zero-order chi connectivity index (χ0) is 12.0. The molecule has 0 bridgehead atoms. The Labute approximate surface area is 103 Å². The molecule has 1 aromatic carbocycles. The Morgan fingerprint density at radius 2 is 2.06 bits per heavy atom. The summed E-state index contributed by atoms with van der Waals surface area (Å²) in [6, 6.07) is 7.80. The Bertz CT molecular complexity index is 329. The van der Waals surface area contributed by atoms with Crippen LogP contribution in [0.15, 0.2) is 24.3 Å². The standard InChI is InChI=1S/C13H20ClNO/c1-4-13(2,10-15-3)16-9-11-7-5-6-8-12(11)14/h5-8,15H,4,9-10H2,1-3H3. The second-order valence-electron chi connectivity index (χ2n) is 4.21. The number of rotatable bonds is 6. The largest absolute Gasteiger partial charge is 0.369 e. The minimum absolute atomic E-state index is 0.131. The fourth-order valence-electron chi connectivity index (χ4n) is 1.52. The van der Waals surface area contributed by atoms with E-state index in [0.29, 0.717) is 6.61 Å². The molecule has 0 saturated heterocycles. The number of benzene rings is 1. The molecule has 1 aromatic rings. The van der Waals surface area contributed by atoms with E-state index >= 15 is 0 Å². The van der Waals surface area contributed by atoms with E-state index in [4.69, 9.17) is 16.3 Å². The van der Waals surface area contributed by atoms with E-state index in [9.17, 15) is 0 Å². The van der Waals surface area contributed by atoms with Gasteiger partial charge in [-0.2, -0.15) is 0 Å². The first-order valence-corrected chi connectivity index (χ1v) is 6.01. The zero-order valence-electron chi connectivity index (χ0n) is 10.2. The third-order valence-electron chi connectivity index (χ3n) is 2.83. The molecule has 0 aliphatic rings. The van der Waals surface area contributed by atoms with Gasteiger partial charge in [0, 0.05) is 11.6 Å². The van der Waals surface area contributed by atoms with Gasteiger partial charge < -0.3 is 10.1 Å². The van der Waals surface area contributed by atoms with E-state index in [1.165, 1.54) is 0 Å². The SMILES string of the molecule is CCC(C)(CNC)OCc1ccccc1Cl. The third kappa shape index (κ3) is 3.78. The van der Waals surface area contributed by atoms with Crippen molar-refractivity contribution >= 4 is 11.6 Å². The number of ether oxygens (including phenoxy) is 1. The molecule has 2 nitrogen and oxygen atoms in total. The van der Waals surface area contributed by atoms with Crippen LogP contribution in [0, 0.1) is 0 Å². The van der Waals surface area contributed by atoms with Crippen molar-refractivity contribution < 1.29 is 4.74 Å². The van der Waals surface area contributed by atoms with Crippen molar-refractivity contribution in [2.75, 3.05) is 13.6 Å². The van der Waals surface area contributed by atoms with Crippen molar-refractivity contribution in [1.29, 1.82) is 0 Å². The smallest absolute Gasteiger partial charge is 0.0780 e. The van der Waals surface area contributed by atoms with Gasteiger partial charge in [0.05, 0.1) is 12.2 Å². The number of hydrogen-bond donors (Lipinski definition) is 1. The van der Waals surface area contributed by atoms with Gasteiger partial charge in [-0.05, 0) is 32.0 Å². The van der Waals surface area contributed by atoms with Gasteiger partial charge in [-0.15, -0.1) is 0 Å². The molecule has 0 aromatic heterocycles. The van der Waals surface area contributed by atoms with E-state index in [2.05, 4.69) is 19.2 Å². The van der Waals surface area contributed by atoms with Crippen LogP contribution in [0.1, 0.15) is 25.8 Å². The van der Waals surface area contributed by atoms with E-state index in [1.807, 2.05) is 31.3 Å². The first-order chi connectivity index (χ1) is 7.61. The van der Waals surface area contributed by atoms with Gasteiger partial charge in [0.1, 0.15) is 0 Å². The van der Waals surface area contributed by atoms with Crippen LogP contribution in [0.2, 0.25) is 5.02 Å². The molecule has 0 heterocycles. The molecule has 0 spiro atoms. The van der Waals surface area contributed by atoms with Crippen LogP contribution < -0.4 is 5.32 Å². The molecule has 1 unspecified atom stereocenters. The van der Waals surface area contributed by atoms with E-state index in [-0.39, 0.29) is 5.60 Å². The monoisotopic (exact) mass is 241 g/mol. The van der Waals surface area contributed by atoms with Crippen LogP contribution in [0.3, 0.4) is 0 Å². The van der Waals surface area contributed by atoms with E-state index in [0.717, 1.165) is 23.6 Å². The zero-order valence-corrected chi connectivity index (χ0v) is 11.0. The molecular formula is C13H20ClNO. The lowest BCUT2D eigenvalue weighted by molar-refractivity contribution is -0.0432. The summed E-state index contributed by atoms with van der Waals surface area (Å²) in [5, 5.41) is 3.92. The maximum Gasteiger partial charge on any atom is 0.0780 e. The Kier molecular flexibility index (Phi) is 5.26. The maximum atomic E-state index is 6.08. The molecule has 3 heteroatoms. The van der Waals surface area contributed by atoms with Crippen LogP contribution in [0.25, 0.3) is 0 Å². The van der Waals surface area contributed by atoms with Gasteiger partial charge >= 0.3 is 0 Å². The summed E-state index contributed by atoms with van der Waals surface area (Å²) in [4.78, 5) is 0. The molecule has 0 saturated carbocycles. The lowest BCUT2D eigenvalue weighted by Gasteiger charge is -2.28. The quantitative estimate of drug-likeness (QED) is 0.826. The molecule has 0 fully saturated rings. The highest BCUT2D eigenvalue weighted by molar-refractivity contribution is 6.31. The van der Waals surface area contributed by atoms with Gasteiger partial charge in [0.15, 0.2) is 0 Å². The van der Waals surface area contributed by atoms with Crippen molar-refractivity contribution in [2.24, 2.45) is 0 Å². The van der Waals surface area contributed by atoms with E-state index in [1.54, 1.807) is 0 Å². The normalized spacial score (nSPS) is 14.8. The number of nitrogens with one attached hydrogen (secondary N) is 1. The van der Waals surface area contributed by atoms with Crippen LogP contribution >= 0.6 is 11.6 Å². The van der Waals surface area contributed by atoms with Crippen LogP contribution in [0.4, 0.5) is 0 Å². The molecule has 16 heavy (non-hydrogen) atoms. The molecular weight excluding hydrogens is 222 g/mol. The number of hydrogen-bond acceptors (Lipinski definition) is 2. The highest BCUT2D eigenvalue weighted by Gasteiger charge is 2.21. The molecule has 90 valence electrons. The first kappa shape index (κ1) is 13.5. The predicted molar refractivity (Wildman–Crippen MR) is 68.9 cm³/mol. The van der Waals surface area contributed by atoms with Crippen LogP contribution in [-0.2, 0) is 11.3 Å². The molecule has 0 radical (unpaired) electrons. The number of likely N-dealkylation sites (N-methyl/N-ethyl adjacent to an activating group) is 1. The molecule has 0 amide bonds. The Balaban J connectivity index is 2.59. The summed E-state index contributed by atoms with van der Waals surface area (Å²) < 4.78 is 5.94. The summed E-state index contributed by atoms with van der Waals surface area (Å²) >= 11 is 6.08. The average molecular weight is 242 g/mol. The highest BCUT2D eigenvalue weighted by Crippen LogP contribution is 2.21. The summed E-state index contributed by atoms with van der Waals surface area (Å²) in [6.07, 6.45) is 0.971.